The van der Waals surface area contributed by atoms with Crippen molar-refractivity contribution in [3.05, 3.63) is 58.6 Å². The van der Waals surface area contributed by atoms with E-state index in [1.54, 1.807) is 37.3 Å². The molecular weight excluding hydrogens is 352 g/mol. The highest BCUT2D eigenvalue weighted by Crippen LogP contribution is 2.23. The molecule has 2 aromatic rings. The zero-order valence-electron chi connectivity index (χ0n) is 13.3. The topological polar surface area (TPSA) is 69.7 Å². The van der Waals surface area contributed by atoms with Crippen LogP contribution in [0.4, 0.5) is 0 Å². The number of benzene rings is 2. The van der Waals surface area contributed by atoms with E-state index in [9.17, 15) is 13.2 Å². The van der Waals surface area contributed by atoms with E-state index in [1.807, 2.05) is 0 Å². The molecule has 0 aliphatic heterocycles. The lowest BCUT2D eigenvalue weighted by molar-refractivity contribution is 0.0449. The second kappa shape index (κ2) is 7.68. The maximum Gasteiger partial charge on any atom is 0.338 e. The summed E-state index contributed by atoms with van der Waals surface area (Å²) in [4.78, 5) is 12.2. The van der Waals surface area contributed by atoms with Crippen LogP contribution in [0.25, 0.3) is 0 Å². The summed E-state index contributed by atoms with van der Waals surface area (Å²) in [5.41, 5.74) is 0.857. The van der Waals surface area contributed by atoms with Crippen LogP contribution in [0, 0.1) is 6.92 Å². The van der Waals surface area contributed by atoms with Gasteiger partial charge in [0.05, 0.1) is 15.5 Å². The SMILES string of the molecule is Cc1ccc(S(C)(=O)=O)cc1C(=O)OCCOc1ccccc1Cl. The van der Waals surface area contributed by atoms with E-state index in [0.29, 0.717) is 16.3 Å². The zero-order valence-corrected chi connectivity index (χ0v) is 14.9. The van der Waals surface area contributed by atoms with Crippen LogP contribution in [0.2, 0.25) is 5.02 Å². The van der Waals surface area contributed by atoms with Crippen molar-refractivity contribution in [2.24, 2.45) is 0 Å². The third-order valence-corrected chi connectivity index (χ3v) is 4.69. The maximum atomic E-state index is 12.1. The molecule has 2 rings (SSSR count). The van der Waals surface area contributed by atoms with Crippen molar-refractivity contribution in [1.29, 1.82) is 0 Å². The monoisotopic (exact) mass is 368 g/mol. The number of carbonyl (C=O) groups excluding carboxylic acids is 1. The van der Waals surface area contributed by atoms with Crippen molar-refractivity contribution in [2.45, 2.75) is 11.8 Å². The molecule has 0 spiro atoms. The maximum absolute atomic E-state index is 12.1. The minimum atomic E-state index is -3.39. The summed E-state index contributed by atoms with van der Waals surface area (Å²) >= 11 is 5.95. The summed E-state index contributed by atoms with van der Waals surface area (Å²) < 4.78 is 33.7. The Hall–Kier alpha value is -2.05. The average molecular weight is 369 g/mol. The lowest BCUT2D eigenvalue weighted by Crippen LogP contribution is -2.14. The number of hydrogen-bond donors (Lipinski definition) is 0. The highest BCUT2D eigenvalue weighted by Gasteiger charge is 2.15. The van der Waals surface area contributed by atoms with Gasteiger partial charge in [0.15, 0.2) is 9.84 Å². The van der Waals surface area contributed by atoms with E-state index in [0.717, 1.165) is 6.26 Å². The molecule has 0 aromatic heterocycles. The first-order chi connectivity index (χ1) is 11.3. The molecule has 24 heavy (non-hydrogen) atoms. The van der Waals surface area contributed by atoms with Crippen LogP contribution in [0.15, 0.2) is 47.4 Å². The fourth-order valence-electron chi connectivity index (χ4n) is 1.98. The highest BCUT2D eigenvalue weighted by atomic mass is 35.5. The molecule has 0 N–H and O–H groups in total. The first kappa shape index (κ1) is 18.3. The molecule has 0 unspecified atom stereocenters. The Bertz CT molecular complexity index is 846. The Balaban J connectivity index is 1.97. The first-order valence-corrected chi connectivity index (χ1v) is 9.41. The summed E-state index contributed by atoms with van der Waals surface area (Å²) in [5.74, 6) is -0.0915. The summed E-state index contributed by atoms with van der Waals surface area (Å²) in [6.45, 7) is 1.87. The van der Waals surface area contributed by atoms with Gasteiger partial charge in [-0.15, -0.1) is 0 Å². The van der Waals surface area contributed by atoms with Crippen LogP contribution in [-0.4, -0.2) is 33.9 Å². The molecule has 0 bridgehead atoms. The van der Waals surface area contributed by atoms with Crippen molar-refractivity contribution in [1.82, 2.24) is 0 Å². The van der Waals surface area contributed by atoms with Gasteiger partial charge >= 0.3 is 5.97 Å². The van der Waals surface area contributed by atoms with E-state index < -0.39 is 15.8 Å². The average Bonchev–Trinajstić information content (AvgIpc) is 2.52. The van der Waals surface area contributed by atoms with Gasteiger partial charge in [-0.1, -0.05) is 29.8 Å². The standard InChI is InChI=1S/C17H17ClO5S/c1-12-7-8-13(24(2,20)21)11-14(12)17(19)23-10-9-22-16-6-4-3-5-15(16)18/h3-8,11H,9-10H2,1-2H3. The normalized spacial score (nSPS) is 11.1. The Morgan fingerprint density at radius 3 is 2.50 bits per heavy atom. The molecule has 0 amide bonds. The molecule has 128 valence electrons. The van der Waals surface area contributed by atoms with Crippen molar-refractivity contribution in [2.75, 3.05) is 19.5 Å². The third-order valence-electron chi connectivity index (χ3n) is 3.27. The van der Waals surface area contributed by atoms with Crippen molar-refractivity contribution in [3.8, 4) is 5.75 Å². The Morgan fingerprint density at radius 1 is 1.12 bits per heavy atom. The fourth-order valence-corrected chi connectivity index (χ4v) is 2.81. The van der Waals surface area contributed by atoms with Crippen LogP contribution in [0.3, 0.4) is 0 Å². The molecule has 5 nitrogen and oxygen atoms in total. The van der Waals surface area contributed by atoms with Gasteiger partial charge in [-0.05, 0) is 36.8 Å². The number of esters is 1. The number of rotatable bonds is 6. The summed E-state index contributed by atoms with van der Waals surface area (Å²) in [7, 11) is -3.39. The second-order valence-electron chi connectivity index (χ2n) is 5.16. The molecule has 0 aliphatic carbocycles. The Morgan fingerprint density at radius 2 is 1.83 bits per heavy atom. The van der Waals surface area contributed by atoms with Gasteiger partial charge < -0.3 is 9.47 Å². The molecule has 7 heteroatoms. The smallest absolute Gasteiger partial charge is 0.338 e. The van der Waals surface area contributed by atoms with Gasteiger partial charge in [0, 0.05) is 6.26 Å². The number of para-hydroxylation sites is 1. The zero-order chi connectivity index (χ0) is 17.7. The minimum absolute atomic E-state index is 0.0204. The number of ether oxygens (including phenoxy) is 2. The molecule has 0 fully saturated rings. The lowest BCUT2D eigenvalue weighted by Gasteiger charge is -2.10. The van der Waals surface area contributed by atoms with E-state index in [2.05, 4.69) is 0 Å². The van der Waals surface area contributed by atoms with Crippen LogP contribution < -0.4 is 4.74 Å². The largest absolute Gasteiger partial charge is 0.488 e. The van der Waals surface area contributed by atoms with Crippen LogP contribution in [0.1, 0.15) is 15.9 Å². The van der Waals surface area contributed by atoms with Gasteiger partial charge in [0.2, 0.25) is 0 Å². The molecule has 0 atom stereocenters. The van der Waals surface area contributed by atoms with Crippen LogP contribution in [-0.2, 0) is 14.6 Å². The predicted octanol–water partition coefficient (Wildman–Crippen LogP) is 3.29. The molecule has 0 saturated heterocycles. The summed E-state index contributed by atoms with van der Waals surface area (Å²) in [6.07, 6.45) is 1.09. The van der Waals surface area contributed by atoms with E-state index in [1.165, 1.54) is 12.1 Å². The quantitative estimate of drug-likeness (QED) is 0.578. The van der Waals surface area contributed by atoms with Crippen molar-refractivity contribution in [3.63, 3.8) is 0 Å². The van der Waals surface area contributed by atoms with E-state index in [4.69, 9.17) is 21.1 Å². The van der Waals surface area contributed by atoms with Gasteiger partial charge in [0.1, 0.15) is 19.0 Å². The number of hydrogen-bond acceptors (Lipinski definition) is 5. The van der Waals surface area contributed by atoms with Gasteiger partial charge in [-0.2, -0.15) is 0 Å². The lowest BCUT2D eigenvalue weighted by atomic mass is 10.1. The predicted molar refractivity (Wildman–Crippen MR) is 91.5 cm³/mol. The van der Waals surface area contributed by atoms with E-state index in [-0.39, 0.29) is 23.7 Å². The number of sulfone groups is 1. The highest BCUT2D eigenvalue weighted by molar-refractivity contribution is 7.90. The number of halogens is 1. The number of carbonyl (C=O) groups is 1. The Labute approximate surface area is 146 Å². The van der Waals surface area contributed by atoms with E-state index >= 15 is 0 Å². The van der Waals surface area contributed by atoms with Crippen molar-refractivity contribution < 1.29 is 22.7 Å². The van der Waals surface area contributed by atoms with Gasteiger partial charge in [0.25, 0.3) is 0 Å². The van der Waals surface area contributed by atoms with Crippen LogP contribution in [0.5, 0.6) is 5.75 Å². The van der Waals surface area contributed by atoms with Crippen LogP contribution >= 0.6 is 11.6 Å². The Kier molecular flexibility index (Phi) is 5.85. The molecular formula is C17H17ClO5S. The fraction of sp³-hybridized carbons (Fsp3) is 0.235. The first-order valence-electron chi connectivity index (χ1n) is 7.14. The molecule has 0 aliphatic rings. The molecule has 0 radical (unpaired) electrons. The minimum Gasteiger partial charge on any atom is -0.488 e. The second-order valence-corrected chi connectivity index (χ2v) is 7.59. The molecule has 2 aromatic carbocycles. The molecule has 0 heterocycles. The number of aryl methyl sites for hydroxylation is 1. The van der Waals surface area contributed by atoms with Gasteiger partial charge in [-0.3, -0.25) is 0 Å². The third kappa shape index (κ3) is 4.72. The van der Waals surface area contributed by atoms with Crippen molar-refractivity contribution >= 4 is 27.4 Å². The summed E-state index contributed by atoms with van der Waals surface area (Å²) in [6, 6.07) is 11.3. The molecule has 0 saturated carbocycles. The summed E-state index contributed by atoms with van der Waals surface area (Å²) in [5, 5.41) is 0.473. The van der Waals surface area contributed by atoms with Gasteiger partial charge in [-0.25, -0.2) is 13.2 Å².